The van der Waals surface area contributed by atoms with E-state index in [0.717, 1.165) is 36.9 Å². The number of pyridine rings is 1. The van der Waals surface area contributed by atoms with Crippen molar-refractivity contribution in [2.75, 3.05) is 13.1 Å². The van der Waals surface area contributed by atoms with E-state index in [4.69, 9.17) is 4.74 Å². The molecule has 0 bridgehead atoms. The Morgan fingerprint density at radius 1 is 0.941 bits per heavy atom. The van der Waals surface area contributed by atoms with Crippen LogP contribution in [-0.2, 0) is 23.2 Å². The van der Waals surface area contributed by atoms with Crippen LogP contribution in [0.3, 0.4) is 0 Å². The van der Waals surface area contributed by atoms with Crippen molar-refractivity contribution in [2.24, 2.45) is 0 Å². The van der Waals surface area contributed by atoms with E-state index >= 15 is 0 Å². The molecule has 1 amide bonds. The van der Waals surface area contributed by atoms with E-state index in [1.807, 2.05) is 42.5 Å². The largest absolute Gasteiger partial charge is 0.487 e. The van der Waals surface area contributed by atoms with Crippen molar-refractivity contribution in [1.82, 2.24) is 14.6 Å². The van der Waals surface area contributed by atoms with Crippen LogP contribution in [0.4, 0.5) is 0 Å². The molecule has 7 nitrogen and oxygen atoms in total. The average Bonchev–Trinajstić information content (AvgIpc) is 3.17. The maximum atomic E-state index is 13.1. The summed E-state index contributed by atoms with van der Waals surface area (Å²) in [5.74, 6) is 0.357. The summed E-state index contributed by atoms with van der Waals surface area (Å²) in [7, 11) is -3.61. The van der Waals surface area contributed by atoms with Crippen LogP contribution in [0, 0.1) is 0 Å². The zero-order valence-electron chi connectivity index (χ0n) is 19.0. The lowest BCUT2D eigenvalue weighted by atomic mass is 10.2. The Hall–Kier alpha value is -3.23. The highest BCUT2D eigenvalue weighted by Crippen LogP contribution is 2.21. The number of nitrogens with zero attached hydrogens (tertiary/aromatic N) is 2. The molecule has 0 aliphatic carbocycles. The van der Waals surface area contributed by atoms with Crippen molar-refractivity contribution in [2.45, 2.75) is 43.7 Å². The Bertz CT molecular complexity index is 1210. The van der Waals surface area contributed by atoms with Crippen molar-refractivity contribution in [3.05, 3.63) is 89.7 Å². The predicted molar refractivity (Wildman–Crippen MR) is 130 cm³/mol. The maximum absolute atomic E-state index is 13.1. The van der Waals surface area contributed by atoms with Gasteiger partial charge >= 0.3 is 0 Å². The zero-order chi connectivity index (χ0) is 23.8. The molecule has 0 unspecified atom stereocenters. The third-order valence-electron chi connectivity index (χ3n) is 5.76. The summed E-state index contributed by atoms with van der Waals surface area (Å²) in [6, 6.07) is 19.4. The van der Waals surface area contributed by atoms with E-state index in [1.54, 1.807) is 24.4 Å². The van der Waals surface area contributed by atoms with E-state index in [-0.39, 0.29) is 10.8 Å². The van der Waals surface area contributed by atoms with Crippen LogP contribution in [0.25, 0.3) is 0 Å². The molecular weight excluding hydrogens is 450 g/mol. The van der Waals surface area contributed by atoms with Crippen LogP contribution in [0.1, 0.15) is 47.3 Å². The topological polar surface area (TPSA) is 88.6 Å². The number of sulfonamides is 1. The van der Waals surface area contributed by atoms with Gasteiger partial charge in [-0.3, -0.25) is 9.78 Å². The monoisotopic (exact) mass is 479 g/mol. The van der Waals surface area contributed by atoms with Crippen LogP contribution in [0.2, 0.25) is 0 Å². The number of hydrogen-bond donors (Lipinski definition) is 1. The van der Waals surface area contributed by atoms with Gasteiger partial charge in [0.25, 0.3) is 5.91 Å². The molecule has 1 aliphatic rings. The van der Waals surface area contributed by atoms with Gasteiger partial charge in [0.05, 0.1) is 10.6 Å². The molecule has 1 aromatic heterocycles. The van der Waals surface area contributed by atoms with Crippen molar-refractivity contribution in [3.8, 4) is 5.75 Å². The van der Waals surface area contributed by atoms with Crippen LogP contribution in [0.5, 0.6) is 5.75 Å². The fourth-order valence-electron chi connectivity index (χ4n) is 3.90. The number of aromatic nitrogens is 1. The SMILES string of the molecule is O=C(NCc1cccc(OCc2ccccn2)c1)c1cccc(S(=O)(=O)N2CCCCCC2)c1. The van der Waals surface area contributed by atoms with Crippen molar-refractivity contribution >= 4 is 15.9 Å². The molecule has 0 spiro atoms. The van der Waals surface area contributed by atoms with Crippen molar-refractivity contribution < 1.29 is 17.9 Å². The minimum atomic E-state index is -3.61. The second-order valence-corrected chi connectivity index (χ2v) is 10.2. The molecule has 1 saturated heterocycles. The summed E-state index contributed by atoms with van der Waals surface area (Å²) < 4.78 is 33.5. The molecule has 178 valence electrons. The lowest BCUT2D eigenvalue weighted by Crippen LogP contribution is -2.32. The molecule has 2 heterocycles. The standard InChI is InChI=1S/C26H29N3O4S/c30-26(22-10-8-13-25(18-22)34(31,32)29-15-5-1-2-6-16-29)28-19-21-9-7-12-24(17-21)33-20-23-11-3-4-14-27-23/h3-4,7-14,17-18H,1-2,5-6,15-16,19-20H2,(H,28,30). The molecule has 2 aromatic carbocycles. The molecule has 1 aliphatic heterocycles. The highest BCUT2D eigenvalue weighted by atomic mass is 32.2. The number of hydrogen-bond acceptors (Lipinski definition) is 5. The van der Waals surface area contributed by atoms with Gasteiger partial charge in [0.1, 0.15) is 12.4 Å². The molecule has 3 aromatic rings. The number of benzene rings is 2. The number of amides is 1. The first kappa shape index (κ1) is 23.9. The quantitative estimate of drug-likeness (QED) is 0.524. The Kier molecular flexibility index (Phi) is 7.92. The Morgan fingerprint density at radius 3 is 2.50 bits per heavy atom. The summed E-state index contributed by atoms with van der Waals surface area (Å²) in [6.45, 7) is 1.70. The highest BCUT2D eigenvalue weighted by molar-refractivity contribution is 7.89. The van der Waals surface area contributed by atoms with Crippen molar-refractivity contribution in [3.63, 3.8) is 0 Å². The Morgan fingerprint density at radius 2 is 1.74 bits per heavy atom. The van der Waals surface area contributed by atoms with Gasteiger partial charge in [-0.2, -0.15) is 4.31 Å². The van der Waals surface area contributed by atoms with E-state index in [0.29, 0.717) is 37.6 Å². The van der Waals surface area contributed by atoms with Gasteiger partial charge in [-0.1, -0.05) is 37.1 Å². The fourth-order valence-corrected chi connectivity index (χ4v) is 5.46. The second kappa shape index (κ2) is 11.3. The van der Waals surface area contributed by atoms with Gasteiger partial charge in [-0.15, -0.1) is 0 Å². The fraction of sp³-hybridized carbons (Fsp3) is 0.308. The number of ether oxygens (including phenoxy) is 1. The zero-order valence-corrected chi connectivity index (χ0v) is 19.8. The summed E-state index contributed by atoms with van der Waals surface area (Å²) in [5.41, 5.74) is 2.02. The first-order chi connectivity index (χ1) is 16.5. The smallest absolute Gasteiger partial charge is 0.251 e. The maximum Gasteiger partial charge on any atom is 0.251 e. The second-order valence-electron chi connectivity index (χ2n) is 8.29. The minimum Gasteiger partial charge on any atom is -0.487 e. The van der Waals surface area contributed by atoms with Crippen LogP contribution < -0.4 is 10.1 Å². The summed E-state index contributed by atoms with van der Waals surface area (Å²) in [6.07, 6.45) is 5.54. The summed E-state index contributed by atoms with van der Waals surface area (Å²) in [5, 5.41) is 2.87. The van der Waals surface area contributed by atoms with Gasteiger partial charge in [0.15, 0.2) is 0 Å². The first-order valence-corrected chi connectivity index (χ1v) is 13.0. The van der Waals surface area contributed by atoms with Gasteiger partial charge in [-0.25, -0.2) is 8.42 Å². The molecule has 34 heavy (non-hydrogen) atoms. The van der Waals surface area contributed by atoms with Gasteiger partial charge in [0, 0.05) is 31.4 Å². The third-order valence-corrected chi connectivity index (χ3v) is 7.66. The van der Waals surface area contributed by atoms with Gasteiger partial charge in [-0.05, 0) is 60.9 Å². The number of nitrogens with one attached hydrogen (secondary N) is 1. The van der Waals surface area contributed by atoms with Gasteiger partial charge < -0.3 is 10.1 Å². The van der Waals surface area contributed by atoms with E-state index in [9.17, 15) is 13.2 Å². The van der Waals surface area contributed by atoms with Crippen LogP contribution in [0.15, 0.2) is 77.8 Å². The molecule has 4 rings (SSSR count). The van der Waals surface area contributed by atoms with Gasteiger partial charge in [0.2, 0.25) is 10.0 Å². The molecule has 8 heteroatoms. The lowest BCUT2D eigenvalue weighted by molar-refractivity contribution is 0.0950. The number of carbonyl (C=O) groups excluding carboxylic acids is 1. The van der Waals surface area contributed by atoms with Crippen molar-refractivity contribution in [1.29, 1.82) is 0 Å². The Balaban J connectivity index is 1.38. The van der Waals surface area contributed by atoms with Crippen LogP contribution in [-0.4, -0.2) is 36.7 Å². The molecule has 0 atom stereocenters. The van der Waals surface area contributed by atoms with Crippen LogP contribution >= 0.6 is 0 Å². The highest BCUT2D eigenvalue weighted by Gasteiger charge is 2.25. The molecule has 1 N–H and O–H groups in total. The molecule has 0 saturated carbocycles. The minimum absolute atomic E-state index is 0.159. The normalized spacial score (nSPS) is 14.8. The lowest BCUT2D eigenvalue weighted by Gasteiger charge is -2.20. The molecular formula is C26H29N3O4S. The molecule has 0 radical (unpaired) electrons. The average molecular weight is 480 g/mol. The molecule has 1 fully saturated rings. The third kappa shape index (κ3) is 6.21. The van der Waals surface area contributed by atoms with E-state index in [2.05, 4.69) is 10.3 Å². The number of carbonyl (C=O) groups is 1. The van der Waals surface area contributed by atoms with E-state index < -0.39 is 10.0 Å². The Labute approximate surface area is 200 Å². The summed E-state index contributed by atoms with van der Waals surface area (Å²) in [4.78, 5) is 17.2. The number of rotatable bonds is 8. The van der Waals surface area contributed by atoms with E-state index in [1.165, 1.54) is 10.4 Å². The predicted octanol–water partition coefficient (Wildman–Crippen LogP) is 4.16. The first-order valence-electron chi connectivity index (χ1n) is 11.5. The summed E-state index contributed by atoms with van der Waals surface area (Å²) >= 11 is 0.